The number of nitrogens with one attached hydrogen (secondary N) is 1. The molecule has 0 bridgehead atoms. The third kappa shape index (κ3) is 3.13. The number of rotatable bonds is 2. The summed E-state index contributed by atoms with van der Waals surface area (Å²) in [6, 6.07) is 5.55. The van der Waals surface area contributed by atoms with Crippen LogP contribution in [0.5, 0.6) is 0 Å². The third-order valence-corrected chi connectivity index (χ3v) is 2.25. The van der Waals surface area contributed by atoms with E-state index >= 15 is 0 Å². The van der Waals surface area contributed by atoms with E-state index in [1.807, 2.05) is 19.1 Å². The molecule has 0 atom stereocenters. The van der Waals surface area contributed by atoms with Crippen LogP contribution in [0.15, 0.2) is 18.2 Å². The van der Waals surface area contributed by atoms with Gasteiger partial charge in [-0.3, -0.25) is 4.79 Å². The van der Waals surface area contributed by atoms with E-state index in [1.165, 1.54) is 6.92 Å². The maximum absolute atomic E-state index is 11.0. The lowest BCUT2D eigenvalue weighted by Crippen LogP contribution is -2.26. The van der Waals surface area contributed by atoms with Gasteiger partial charge < -0.3 is 10.4 Å². The summed E-state index contributed by atoms with van der Waals surface area (Å²) >= 11 is 0. The van der Waals surface area contributed by atoms with Crippen molar-refractivity contribution in [1.29, 1.82) is 0 Å². The first kappa shape index (κ1) is 11.9. The molecule has 2 N–H and O–H groups in total. The molecule has 0 unspecified atom stereocenters. The van der Waals surface area contributed by atoms with Crippen LogP contribution in [-0.2, 0) is 10.2 Å². The van der Waals surface area contributed by atoms with Gasteiger partial charge in [0.25, 0.3) is 0 Å². The second-order valence-corrected chi connectivity index (χ2v) is 4.27. The first-order valence-corrected chi connectivity index (χ1v) is 4.92. The first-order valence-electron chi connectivity index (χ1n) is 4.92. The highest BCUT2D eigenvalue weighted by Crippen LogP contribution is 2.21. The fraction of sp³-hybridized carbons (Fsp3) is 0.300. The van der Waals surface area contributed by atoms with Gasteiger partial charge in [0.1, 0.15) is 15.7 Å². The van der Waals surface area contributed by atoms with Gasteiger partial charge >= 0.3 is 0 Å². The van der Waals surface area contributed by atoms with Crippen LogP contribution in [0.4, 0.5) is 5.69 Å². The summed E-state index contributed by atoms with van der Waals surface area (Å²) in [6.07, 6.45) is 0. The molecule has 3 nitrogen and oxygen atoms in total. The number of amides is 1. The Morgan fingerprint density at radius 3 is 2.53 bits per heavy atom. The highest BCUT2D eigenvalue weighted by Gasteiger charge is 2.16. The monoisotopic (exact) mass is 203 g/mol. The normalized spacial score (nSPS) is 11.1. The Morgan fingerprint density at radius 1 is 1.47 bits per heavy atom. The molecule has 0 aromatic heterocycles. The second kappa shape index (κ2) is 4.11. The molecule has 0 aliphatic heterocycles. The number of aliphatic hydroxyl groups is 1. The number of benzene rings is 1. The molecule has 0 aliphatic rings. The zero-order chi connectivity index (χ0) is 11.6. The predicted octanol–water partition coefficient (Wildman–Crippen LogP) is -0.678. The largest absolute Gasteiger partial charge is 0.403 e. The van der Waals surface area contributed by atoms with Gasteiger partial charge in [-0.1, -0.05) is 12.1 Å². The summed E-state index contributed by atoms with van der Waals surface area (Å²) in [4.78, 5) is 11.0. The molecule has 0 radical (unpaired) electrons. The first-order chi connectivity index (χ1) is 6.80. The topological polar surface area (TPSA) is 49.3 Å². The minimum Gasteiger partial charge on any atom is -0.403 e. The van der Waals surface area contributed by atoms with Crippen LogP contribution in [-0.4, -0.2) is 26.7 Å². The molecule has 1 aromatic carbocycles. The van der Waals surface area contributed by atoms with E-state index in [0.29, 0.717) is 0 Å². The van der Waals surface area contributed by atoms with Gasteiger partial charge in [-0.2, -0.15) is 0 Å². The molecule has 1 rings (SSSR count). The van der Waals surface area contributed by atoms with Crippen molar-refractivity contribution in [1.82, 2.24) is 0 Å². The summed E-state index contributed by atoms with van der Waals surface area (Å²) < 4.78 is 0. The van der Waals surface area contributed by atoms with Gasteiger partial charge in [-0.05, 0) is 24.1 Å². The number of hydrogen-bond acceptors (Lipinski definition) is 2. The highest BCUT2D eigenvalue weighted by molar-refractivity contribution is 6.38. The van der Waals surface area contributed by atoms with E-state index in [1.54, 1.807) is 21.8 Å². The van der Waals surface area contributed by atoms with Crippen molar-refractivity contribution in [3.8, 4) is 0 Å². The van der Waals surface area contributed by atoms with E-state index in [4.69, 9.17) is 0 Å². The predicted molar refractivity (Wildman–Crippen MR) is 66.5 cm³/mol. The minimum absolute atomic E-state index is 0.106. The Kier molecular flexibility index (Phi) is 3.25. The molecular weight excluding hydrogens is 188 g/mol. The average molecular weight is 203 g/mol. The van der Waals surface area contributed by atoms with Crippen molar-refractivity contribution in [2.45, 2.75) is 19.2 Å². The van der Waals surface area contributed by atoms with Crippen molar-refractivity contribution in [2.24, 2.45) is 0 Å². The summed E-state index contributed by atoms with van der Waals surface area (Å²) in [5.41, 5.74) is 2.53. The lowest BCUT2D eigenvalue weighted by atomic mass is 9.61. The fourth-order valence-corrected chi connectivity index (χ4v) is 1.33. The number of carbonyl (C=O) groups excluding carboxylic acids is 1. The Labute approximate surface area is 91.7 Å². The van der Waals surface area contributed by atoms with Gasteiger partial charge in [-0.25, -0.2) is 0 Å². The molecule has 5 heteroatoms. The maximum Gasteiger partial charge on any atom is 0.221 e. The Morgan fingerprint density at radius 2 is 2.07 bits per heavy atom. The van der Waals surface area contributed by atoms with Gasteiger partial charge in [-0.15, -0.1) is 0 Å². The zero-order valence-corrected chi connectivity index (χ0v) is 9.59. The number of carbonyl (C=O) groups is 1. The summed E-state index contributed by atoms with van der Waals surface area (Å²) in [6.45, 7) is 3.38. The molecule has 0 saturated heterocycles. The summed E-state index contributed by atoms with van der Waals surface area (Å²) in [7, 11) is 3.43. The van der Waals surface area contributed by atoms with Gasteiger partial charge in [0.2, 0.25) is 5.91 Å². The van der Waals surface area contributed by atoms with E-state index in [2.05, 4.69) is 5.32 Å². The van der Waals surface area contributed by atoms with Crippen molar-refractivity contribution < 1.29 is 9.90 Å². The van der Waals surface area contributed by atoms with E-state index in [9.17, 15) is 9.90 Å². The van der Waals surface area contributed by atoms with Gasteiger partial charge in [0.05, 0.1) is 0 Å². The van der Waals surface area contributed by atoms with Crippen LogP contribution >= 0.6 is 0 Å². The quantitative estimate of drug-likeness (QED) is 0.625. The van der Waals surface area contributed by atoms with Gasteiger partial charge in [0, 0.05) is 18.0 Å². The maximum atomic E-state index is 11.0. The van der Waals surface area contributed by atoms with Crippen molar-refractivity contribution >= 4 is 27.3 Å². The van der Waals surface area contributed by atoms with Crippen LogP contribution in [0.25, 0.3) is 0 Å². The third-order valence-electron chi connectivity index (χ3n) is 2.25. The smallest absolute Gasteiger partial charge is 0.221 e. The van der Waals surface area contributed by atoms with E-state index in [-0.39, 0.29) is 5.91 Å². The van der Waals surface area contributed by atoms with Crippen LogP contribution < -0.4 is 5.32 Å². The van der Waals surface area contributed by atoms with Crippen LogP contribution in [0.1, 0.15) is 18.1 Å². The summed E-state index contributed by atoms with van der Waals surface area (Å²) in [5, 5.41) is 11.7. The Bertz CT molecular complexity index is 385. The van der Waals surface area contributed by atoms with E-state index in [0.717, 1.165) is 16.8 Å². The van der Waals surface area contributed by atoms with Crippen molar-refractivity contribution in [2.75, 3.05) is 5.32 Å². The SMILES string of the molecule is BC(B)(O)c1ccc(C)c(NC(C)=O)c1. The number of hydrogen-bond donors (Lipinski definition) is 2. The minimum atomic E-state index is -0.888. The van der Waals surface area contributed by atoms with Crippen LogP contribution in [0, 0.1) is 6.92 Å². The molecule has 0 aliphatic carbocycles. The molecule has 78 valence electrons. The standard InChI is InChI=1S/C10H15B2NO2/c1-6-3-4-8(10(11,12)15)5-9(6)13-7(2)14/h3-5,15H,11-12H2,1-2H3,(H,13,14). The number of anilines is 1. The zero-order valence-electron chi connectivity index (χ0n) is 9.59. The summed E-state index contributed by atoms with van der Waals surface area (Å²) in [5.74, 6) is -0.106. The lowest BCUT2D eigenvalue weighted by molar-refractivity contribution is -0.114. The Balaban J connectivity index is 3.11. The molecule has 1 aromatic rings. The molecule has 15 heavy (non-hydrogen) atoms. The molecule has 0 spiro atoms. The van der Waals surface area contributed by atoms with Crippen LogP contribution in [0.3, 0.4) is 0 Å². The van der Waals surface area contributed by atoms with Crippen molar-refractivity contribution in [3.05, 3.63) is 29.3 Å². The van der Waals surface area contributed by atoms with Gasteiger partial charge in [0.15, 0.2) is 0 Å². The molecule has 0 heterocycles. The molecule has 1 amide bonds. The van der Waals surface area contributed by atoms with Crippen LogP contribution in [0.2, 0.25) is 0 Å². The lowest BCUT2D eigenvalue weighted by Gasteiger charge is -2.19. The molecule has 0 fully saturated rings. The molecule has 0 saturated carbocycles. The highest BCUT2D eigenvalue weighted by atomic mass is 16.3. The molecular formula is C10H15B2NO2. The average Bonchev–Trinajstić information content (AvgIpc) is 2.06. The second-order valence-electron chi connectivity index (χ2n) is 4.27. The fourth-order valence-electron chi connectivity index (χ4n) is 1.33. The van der Waals surface area contributed by atoms with E-state index < -0.39 is 5.40 Å². The number of aryl methyl sites for hydroxylation is 1. The van der Waals surface area contributed by atoms with Crippen molar-refractivity contribution in [3.63, 3.8) is 0 Å². The Hall–Kier alpha value is -1.22.